The number of hydrogen-bond acceptors (Lipinski definition) is 10. The lowest BCUT2D eigenvalue weighted by Gasteiger charge is -2.10. The third-order valence-electron chi connectivity index (χ3n) is 18.6. The minimum absolute atomic E-state index is 0.578. The first-order chi connectivity index (χ1) is 50.8. The SMILES string of the molecule is Cc1cc(C#N)cc(-c2ccc(-c3cccc4c3oc3cccc(-c5nc(-c6ccccc6)nc(-c6ccc(-c7ccccc7)cc6)n5)c34)cc2)c1.N#Cc1ccc(-c2ccc(-c3cccc4c3oc3cccc(-c5nc(-c6ccccc6)nc(-c6ccc(-c7ccccc7)cc6)n5)c34)cc2)cc1. The first-order valence-electron chi connectivity index (χ1n) is 33.9. The van der Waals surface area contributed by atoms with Gasteiger partial charge in [0.05, 0.1) is 23.3 Å². The molecule has 18 aromatic rings. The maximum atomic E-state index is 9.48. The molecule has 10 nitrogen and oxygen atoms in total. The van der Waals surface area contributed by atoms with Crippen molar-refractivity contribution in [3.8, 4) is 147 Å². The summed E-state index contributed by atoms with van der Waals surface area (Å²) in [5, 5.41) is 22.5. The molecule has 14 aromatic carbocycles. The van der Waals surface area contributed by atoms with E-state index in [1.165, 1.54) is 0 Å². The smallest absolute Gasteiger partial charge is 0.164 e. The van der Waals surface area contributed by atoms with Crippen LogP contribution in [-0.4, -0.2) is 29.9 Å². The second kappa shape index (κ2) is 27.2. The molecule has 0 N–H and O–H groups in total. The van der Waals surface area contributed by atoms with Crippen molar-refractivity contribution in [1.29, 1.82) is 10.5 Å². The Morgan fingerprint density at radius 3 is 0.903 bits per heavy atom. The minimum atomic E-state index is 0.578. The number of aryl methyl sites for hydroxylation is 1. The van der Waals surface area contributed by atoms with Gasteiger partial charge < -0.3 is 8.83 Å². The highest BCUT2D eigenvalue weighted by atomic mass is 16.3. The largest absolute Gasteiger partial charge is 0.455 e. The summed E-state index contributed by atoms with van der Waals surface area (Å²) in [7, 11) is 0. The number of furan rings is 2. The standard InChI is InChI=1S/C47H30N4O.C46H28N4O/c1-30-26-31(29-48)28-38(27-30)34-18-22-35(23-19-34)39-14-8-15-40-43-41(16-9-17-42(43)52-44(39)40)47-50-45(36-12-6-3-7-13-36)49-46(51-47)37-24-20-33(21-25-37)32-10-4-2-5-11-32;47-29-30-17-19-32(20-18-30)34-21-25-35(26-22-34)38-13-7-14-39-42-40(15-8-16-41(42)51-43(38)39)46-49-44(36-11-5-2-6-12-36)48-45(50-46)37-27-23-33(24-28-37)31-9-3-1-4-10-31/h2-28H,1H3;1-28H. The van der Waals surface area contributed by atoms with E-state index < -0.39 is 0 Å². The van der Waals surface area contributed by atoms with E-state index in [9.17, 15) is 10.5 Å². The minimum Gasteiger partial charge on any atom is -0.455 e. The molecule has 103 heavy (non-hydrogen) atoms. The van der Waals surface area contributed by atoms with Gasteiger partial charge in [-0.2, -0.15) is 10.5 Å². The van der Waals surface area contributed by atoms with Crippen molar-refractivity contribution in [3.05, 3.63) is 350 Å². The molecule has 0 amide bonds. The monoisotopic (exact) mass is 1320 g/mol. The van der Waals surface area contributed by atoms with Gasteiger partial charge in [0.1, 0.15) is 22.3 Å². The highest BCUT2D eigenvalue weighted by Gasteiger charge is 2.23. The highest BCUT2D eigenvalue weighted by molar-refractivity contribution is 6.16. The summed E-state index contributed by atoms with van der Waals surface area (Å²) in [4.78, 5) is 30.2. The van der Waals surface area contributed by atoms with Crippen LogP contribution < -0.4 is 0 Å². The third kappa shape index (κ3) is 12.4. The topological polar surface area (TPSA) is 151 Å². The van der Waals surface area contributed by atoms with Crippen LogP contribution in [0, 0.1) is 29.6 Å². The maximum absolute atomic E-state index is 9.48. The van der Waals surface area contributed by atoms with Crippen LogP contribution in [0.2, 0.25) is 0 Å². The van der Waals surface area contributed by atoms with E-state index in [4.69, 9.17) is 38.7 Å². The first-order valence-corrected chi connectivity index (χ1v) is 33.9. The number of fused-ring (bicyclic) bond motifs is 6. The van der Waals surface area contributed by atoms with E-state index >= 15 is 0 Å². The molecule has 0 aliphatic heterocycles. The van der Waals surface area contributed by atoms with Gasteiger partial charge >= 0.3 is 0 Å². The molecular formula is C93H58N8O2. The van der Waals surface area contributed by atoms with Crippen LogP contribution in [0.3, 0.4) is 0 Å². The summed E-state index contributed by atoms with van der Waals surface area (Å²) in [6, 6.07) is 117. The molecule has 482 valence electrons. The lowest BCUT2D eigenvalue weighted by Crippen LogP contribution is -2.00. The van der Waals surface area contributed by atoms with Gasteiger partial charge in [0, 0.05) is 66.1 Å². The highest BCUT2D eigenvalue weighted by Crippen LogP contribution is 2.44. The molecule has 18 rings (SSSR count). The lowest BCUT2D eigenvalue weighted by molar-refractivity contribution is 0.669. The Morgan fingerprint density at radius 2 is 0.524 bits per heavy atom. The predicted octanol–water partition coefficient (Wildman–Crippen LogP) is 23.6. The van der Waals surface area contributed by atoms with E-state index in [0.29, 0.717) is 46.1 Å². The lowest BCUT2D eigenvalue weighted by atomic mass is 9.96. The van der Waals surface area contributed by atoms with Crippen LogP contribution in [0.5, 0.6) is 0 Å². The normalized spacial score (nSPS) is 11.1. The van der Waals surface area contributed by atoms with Gasteiger partial charge in [-0.15, -0.1) is 0 Å². The zero-order chi connectivity index (χ0) is 69.2. The summed E-state index contributed by atoms with van der Waals surface area (Å²) < 4.78 is 13.3. The summed E-state index contributed by atoms with van der Waals surface area (Å²) >= 11 is 0. The van der Waals surface area contributed by atoms with Crippen LogP contribution in [0.15, 0.2) is 342 Å². The van der Waals surface area contributed by atoms with E-state index in [0.717, 1.165) is 150 Å². The number of nitrogens with zero attached hydrogens (tertiary/aromatic N) is 8. The van der Waals surface area contributed by atoms with Crippen LogP contribution in [0.1, 0.15) is 16.7 Å². The summed E-state index contributed by atoms with van der Waals surface area (Å²) in [6.45, 7) is 2.01. The van der Waals surface area contributed by atoms with Crippen LogP contribution >= 0.6 is 0 Å². The number of para-hydroxylation sites is 2. The summed E-state index contributed by atoms with van der Waals surface area (Å²) in [5.74, 6) is 3.57. The molecule has 4 heterocycles. The van der Waals surface area contributed by atoms with Crippen molar-refractivity contribution >= 4 is 43.9 Å². The fourth-order valence-corrected chi connectivity index (χ4v) is 13.5. The molecule has 0 spiro atoms. The molecule has 0 atom stereocenters. The Hall–Kier alpha value is -14.3. The average molecular weight is 1320 g/mol. The Kier molecular flexibility index (Phi) is 16.4. The Labute approximate surface area is 594 Å². The molecule has 0 aliphatic carbocycles. The fourth-order valence-electron chi connectivity index (χ4n) is 13.5. The van der Waals surface area contributed by atoms with Crippen molar-refractivity contribution in [2.75, 3.05) is 0 Å². The van der Waals surface area contributed by atoms with E-state index in [1.54, 1.807) is 0 Å². The van der Waals surface area contributed by atoms with Crippen molar-refractivity contribution in [2.45, 2.75) is 6.92 Å². The predicted molar refractivity (Wildman–Crippen MR) is 414 cm³/mol. The maximum Gasteiger partial charge on any atom is 0.164 e. The first kappa shape index (κ1) is 62.2. The molecule has 0 saturated heterocycles. The van der Waals surface area contributed by atoms with Crippen molar-refractivity contribution in [2.24, 2.45) is 0 Å². The van der Waals surface area contributed by atoms with Gasteiger partial charge in [0.15, 0.2) is 34.9 Å². The number of nitriles is 2. The van der Waals surface area contributed by atoms with Crippen LogP contribution in [-0.2, 0) is 0 Å². The van der Waals surface area contributed by atoms with Gasteiger partial charge in [-0.1, -0.05) is 297 Å². The Bertz CT molecular complexity index is 6270. The second-order valence-electron chi connectivity index (χ2n) is 25.2. The Balaban J connectivity index is 0.000000153. The van der Waals surface area contributed by atoms with E-state index in [2.05, 4.69) is 188 Å². The number of hydrogen-bond donors (Lipinski definition) is 0. The molecule has 0 fully saturated rings. The van der Waals surface area contributed by atoms with Gasteiger partial charge in [-0.25, -0.2) is 29.9 Å². The van der Waals surface area contributed by atoms with E-state index in [1.807, 2.05) is 165 Å². The van der Waals surface area contributed by atoms with Crippen molar-refractivity contribution < 1.29 is 8.83 Å². The van der Waals surface area contributed by atoms with Gasteiger partial charge in [-0.3, -0.25) is 0 Å². The van der Waals surface area contributed by atoms with Crippen molar-refractivity contribution in [3.63, 3.8) is 0 Å². The number of aromatic nitrogens is 6. The molecule has 0 radical (unpaired) electrons. The molecule has 4 aromatic heterocycles. The molecule has 0 unspecified atom stereocenters. The fraction of sp³-hybridized carbons (Fsp3) is 0.0108. The summed E-state index contributed by atoms with van der Waals surface area (Å²) in [6.07, 6.45) is 0. The second-order valence-corrected chi connectivity index (χ2v) is 25.2. The average Bonchev–Trinajstić information content (AvgIpc) is 1.64. The van der Waals surface area contributed by atoms with Crippen LogP contribution in [0.25, 0.3) is 179 Å². The number of benzene rings is 14. The van der Waals surface area contributed by atoms with Crippen LogP contribution in [0.4, 0.5) is 0 Å². The van der Waals surface area contributed by atoms with E-state index in [-0.39, 0.29) is 0 Å². The van der Waals surface area contributed by atoms with Gasteiger partial charge in [-0.05, 0) is 105 Å². The quantitative estimate of drug-likeness (QED) is 0.116. The molecular weight excluding hydrogens is 1260 g/mol. The molecule has 0 aliphatic rings. The zero-order valence-corrected chi connectivity index (χ0v) is 55.6. The molecule has 0 saturated carbocycles. The number of rotatable bonds is 12. The van der Waals surface area contributed by atoms with Gasteiger partial charge in [0.2, 0.25) is 0 Å². The summed E-state index contributed by atoms with van der Waals surface area (Å²) in [5.41, 5.74) is 23.8. The third-order valence-corrected chi connectivity index (χ3v) is 18.6. The zero-order valence-electron chi connectivity index (χ0n) is 55.6. The van der Waals surface area contributed by atoms with Crippen molar-refractivity contribution in [1.82, 2.24) is 29.9 Å². The Morgan fingerprint density at radius 1 is 0.233 bits per heavy atom. The molecule has 10 heteroatoms. The van der Waals surface area contributed by atoms with Gasteiger partial charge in [0.25, 0.3) is 0 Å². The molecule has 0 bridgehead atoms.